The van der Waals surface area contributed by atoms with E-state index in [0.717, 1.165) is 0 Å². The van der Waals surface area contributed by atoms with Crippen molar-refractivity contribution in [3.63, 3.8) is 0 Å². The quantitative estimate of drug-likeness (QED) is 0.447. The lowest BCUT2D eigenvalue weighted by Crippen LogP contribution is -2.39. The van der Waals surface area contributed by atoms with Crippen molar-refractivity contribution in [2.24, 2.45) is 0 Å². The molecule has 0 saturated heterocycles. The number of aliphatic hydroxyl groups excluding tert-OH is 1. The first kappa shape index (κ1) is 17.4. The van der Waals surface area contributed by atoms with Crippen LogP contribution in [-0.4, -0.2) is 41.7 Å². The third-order valence-corrected chi connectivity index (χ3v) is 2.83. The van der Waals surface area contributed by atoms with Crippen LogP contribution in [0, 0.1) is 24.0 Å². The molecule has 4 N–H and O–H groups in total. The van der Waals surface area contributed by atoms with Crippen LogP contribution in [0.4, 0.5) is 16.2 Å². The van der Waals surface area contributed by atoms with E-state index in [-0.39, 0.29) is 25.4 Å². The fourth-order valence-electron chi connectivity index (χ4n) is 1.72. The average Bonchev–Trinajstić information content (AvgIpc) is 2.46. The number of amides is 3. The number of urea groups is 1. The lowest BCUT2D eigenvalue weighted by atomic mass is 10.1. The number of nitrogens with one attached hydrogen (secondary N) is 3. The number of nitro groups is 1. The molecule has 0 atom stereocenters. The second-order valence-corrected chi connectivity index (χ2v) is 4.59. The largest absolute Gasteiger partial charge is 0.395 e. The van der Waals surface area contributed by atoms with E-state index in [1.165, 1.54) is 12.1 Å². The number of aliphatic hydroxyl groups is 1. The number of carbonyl (C=O) groups is 2. The molecule has 0 saturated carbocycles. The summed E-state index contributed by atoms with van der Waals surface area (Å²) >= 11 is 0. The maximum absolute atomic E-state index is 11.7. The molecular weight excluding hydrogens is 292 g/mol. The Balaban J connectivity index is 2.63. The first-order valence-corrected chi connectivity index (χ1v) is 6.53. The summed E-state index contributed by atoms with van der Waals surface area (Å²) in [5, 5.41) is 26.6. The molecule has 0 aliphatic rings. The average molecular weight is 310 g/mol. The molecule has 0 bridgehead atoms. The van der Waals surface area contributed by atoms with Gasteiger partial charge in [0.1, 0.15) is 0 Å². The van der Waals surface area contributed by atoms with E-state index < -0.39 is 16.9 Å². The standard InChI is InChI=1S/C13H18N4O5/c1-8-6-11(17(21)22)9(2)5-10(8)16-13(20)15-7-12(19)14-3-4-18/h5-6,18H,3-4,7H2,1-2H3,(H,14,19)(H2,15,16,20). The number of nitrogens with zero attached hydrogens (tertiary/aromatic N) is 1. The van der Waals surface area contributed by atoms with Crippen molar-refractivity contribution in [2.45, 2.75) is 13.8 Å². The monoisotopic (exact) mass is 310 g/mol. The van der Waals surface area contributed by atoms with E-state index in [1.54, 1.807) is 13.8 Å². The zero-order valence-electron chi connectivity index (χ0n) is 12.3. The lowest BCUT2D eigenvalue weighted by Gasteiger charge is -2.11. The lowest BCUT2D eigenvalue weighted by molar-refractivity contribution is -0.385. The Labute approximate surface area is 126 Å². The Bertz CT molecular complexity index is 588. The van der Waals surface area contributed by atoms with Crippen molar-refractivity contribution in [1.82, 2.24) is 10.6 Å². The van der Waals surface area contributed by atoms with Gasteiger partial charge in [-0.3, -0.25) is 14.9 Å². The highest BCUT2D eigenvalue weighted by molar-refractivity contribution is 5.93. The third-order valence-electron chi connectivity index (χ3n) is 2.83. The number of carbonyl (C=O) groups excluding carboxylic acids is 2. The molecule has 9 heteroatoms. The summed E-state index contributed by atoms with van der Waals surface area (Å²) in [5.74, 6) is -0.430. The molecule has 9 nitrogen and oxygen atoms in total. The molecule has 0 spiro atoms. The van der Waals surface area contributed by atoms with Gasteiger partial charge < -0.3 is 21.1 Å². The maximum Gasteiger partial charge on any atom is 0.319 e. The molecule has 0 heterocycles. The van der Waals surface area contributed by atoms with Crippen LogP contribution in [0.5, 0.6) is 0 Å². The van der Waals surface area contributed by atoms with Gasteiger partial charge in [0.25, 0.3) is 5.69 Å². The minimum absolute atomic E-state index is 0.0214. The molecule has 0 aliphatic carbocycles. The van der Waals surface area contributed by atoms with Gasteiger partial charge in [0, 0.05) is 23.9 Å². The Kier molecular flexibility index (Phi) is 6.26. The van der Waals surface area contributed by atoms with E-state index in [1.807, 2.05) is 0 Å². The molecule has 1 aromatic rings. The van der Waals surface area contributed by atoms with E-state index >= 15 is 0 Å². The Morgan fingerprint density at radius 1 is 1.23 bits per heavy atom. The van der Waals surface area contributed by atoms with Crippen LogP contribution in [0.3, 0.4) is 0 Å². The van der Waals surface area contributed by atoms with Gasteiger partial charge in [-0.1, -0.05) is 0 Å². The van der Waals surface area contributed by atoms with Gasteiger partial charge in [-0.05, 0) is 25.5 Å². The number of rotatable bonds is 6. The van der Waals surface area contributed by atoms with E-state index in [2.05, 4.69) is 16.0 Å². The third kappa shape index (κ3) is 5.02. The van der Waals surface area contributed by atoms with Gasteiger partial charge >= 0.3 is 6.03 Å². The molecule has 0 aliphatic heterocycles. The molecule has 0 aromatic heterocycles. The van der Waals surface area contributed by atoms with Crippen LogP contribution in [0.2, 0.25) is 0 Å². The van der Waals surface area contributed by atoms with Gasteiger partial charge in [-0.15, -0.1) is 0 Å². The highest BCUT2D eigenvalue weighted by Crippen LogP contribution is 2.25. The highest BCUT2D eigenvalue weighted by atomic mass is 16.6. The maximum atomic E-state index is 11.7. The Morgan fingerprint density at radius 2 is 1.91 bits per heavy atom. The first-order valence-electron chi connectivity index (χ1n) is 6.53. The summed E-state index contributed by atoms with van der Waals surface area (Å²) in [6.45, 7) is 2.90. The number of hydrogen-bond acceptors (Lipinski definition) is 5. The predicted octanol–water partition coefficient (Wildman–Crippen LogP) is 0.442. The molecular formula is C13H18N4O5. The van der Waals surface area contributed by atoms with Gasteiger partial charge in [-0.25, -0.2) is 4.79 Å². The summed E-state index contributed by atoms with van der Waals surface area (Å²) in [7, 11) is 0. The van der Waals surface area contributed by atoms with E-state index in [4.69, 9.17) is 5.11 Å². The van der Waals surface area contributed by atoms with Crippen molar-refractivity contribution in [1.29, 1.82) is 0 Å². The molecule has 0 radical (unpaired) electrons. The van der Waals surface area contributed by atoms with Crippen LogP contribution in [0.1, 0.15) is 11.1 Å². The zero-order chi connectivity index (χ0) is 16.7. The fraction of sp³-hybridized carbons (Fsp3) is 0.385. The number of nitro benzene ring substituents is 1. The Morgan fingerprint density at radius 3 is 2.50 bits per heavy atom. The molecule has 1 rings (SSSR count). The topological polar surface area (TPSA) is 134 Å². The molecule has 120 valence electrons. The van der Waals surface area contributed by atoms with Crippen LogP contribution in [0.25, 0.3) is 0 Å². The number of anilines is 1. The SMILES string of the molecule is Cc1cc([N+](=O)[O-])c(C)cc1NC(=O)NCC(=O)NCCO. The van der Waals surface area contributed by atoms with Crippen LogP contribution >= 0.6 is 0 Å². The summed E-state index contributed by atoms with van der Waals surface area (Å²) in [6.07, 6.45) is 0. The van der Waals surface area contributed by atoms with Crippen molar-refractivity contribution in [2.75, 3.05) is 25.0 Å². The minimum Gasteiger partial charge on any atom is -0.395 e. The molecule has 0 fully saturated rings. The normalized spacial score (nSPS) is 9.95. The molecule has 3 amide bonds. The number of aryl methyl sites for hydroxylation is 2. The van der Waals surface area contributed by atoms with E-state index in [0.29, 0.717) is 16.8 Å². The number of hydrogen-bond donors (Lipinski definition) is 4. The van der Waals surface area contributed by atoms with Crippen molar-refractivity contribution >= 4 is 23.3 Å². The van der Waals surface area contributed by atoms with E-state index in [9.17, 15) is 19.7 Å². The number of benzene rings is 1. The molecule has 0 unspecified atom stereocenters. The van der Waals surface area contributed by atoms with Crippen molar-refractivity contribution in [3.05, 3.63) is 33.4 Å². The highest BCUT2D eigenvalue weighted by Gasteiger charge is 2.14. The van der Waals surface area contributed by atoms with Crippen LogP contribution < -0.4 is 16.0 Å². The summed E-state index contributed by atoms with van der Waals surface area (Å²) < 4.78 is 0. The molecule has 1 aromatic carbocycles. The fourth-order valence-corrected chi connectivity index (χ4v) is 1.72. The summed E-state index contributed by atoms with van der Waals surface area (Å²) in [5.41, 5.74) is 1.37. The second kappa shape index (κ2) is 7.93. The molecule has 22 heavy (non-hydrogen) atoms. The van der Waals surface area contributed by atoms with Gasteiger partial charge in [0.05, 0.1) is 18.1 Å². The Hall–Kier alpha value is -2.68. The van der Waals surface area contributed by atoms with Crippen molar-refractivity contribution in [3.8, 4) is 0 Å². The summed E-state index contributed by atoms with van der Waals surface area (Å²) in [6, 6.07) is 2.27. The second-order valence-electron chi connectivity index (χ2n) is 4.59. The smallest absolute Gasteiger partial charge is 0.319 e. The van der Waals surface area contributed by atoms with Crippen LogP contribution in [0.15, 0.2) is 12.1 Å². The van der Waals surface area contributed by atoms with Crippen LogP contribution in [-0.2, 0) is 4.79 Å². The minimum atomic E-state index is -0.601. The zero-order valence-corrected chi connectivity index (χ0v) is 12.3. The van der Waals surface area contributed by atoms with Gasteiger partial charge in [0.2, 0.25) is 5.91 Å². The first-order chi connectivity index (χ1) is 10.3. The van der Waals surface area contributed by atoms with Gasteiger partial charge in [0.15, 0.2) is 0 Å². The van der Waals surface area contributed by atoms with Crippen molar-refractivity contribution < 1.29 is 19.6 Å². The predicted molar refractivity (Wildman–Crippen MR) is 79.7 cm³/mol. The summed E-state index contributed by atoms with van der Waals surface area (Å²) in [4.78, 5) is 33.3. The van der Waals surface area contributed by atoms with Gasteiger partial charge in [-0.2, -0.15) is 0 Å².